The first-order chi connectivity index (χ1) is 10.1. The van der Waals surface area contributed by atoms with Gasteiger partial charge in [0.25, 0.3) is 0 Å². The van der Waals surface area contributed by atoms with Gasteiger partial charge < -0.3 is 9.72 Å². The Labute approximate surface area is 122 Å². The van der Waals surface area contributed by atoms with Crippen LogP contribution in [0.15, 0.2) is 30.3 Å². The fraction of sp³-hybridized carbons (Fsp3) is 0.235. The van der Waals surface area contributed by atoms with Crippen molar-refractivity contribution < 1.29 is 13.9 Å². The molecule has 3 nitrogen and oxygen atoms in total. The molecule has 1 aromatic heterocycles. The Morgan fingerprint density at radius 1 is 1.19 bits per heavy atom. The molecule has 3 aromatic rings. The number of carbonyl (C=O) groups excluding carboxylic acids is 1. The topological polar surface area (TPSA) is 42.1 Å². The summed E-state index contributed by atoms with van der Waals surface area (Å²) in [6.07, 6.45) is 0. The van der Waals surface area contributed by atoms with Gasteiger partial charge in [0.15, 0.2) is 0 Å². The van der Waals surface area contributed by atoms with Crippen LogP contribution in [0.4, 0.5) is 4.39 Å². The molecule has 2 aromatic carbocycles. The first-order valence-corrected chi connectivity index (χ1v) is 6.91. The summed E-state index contributed by atoms with van der Waals surface area (Å²) >= 11 is 0. The standard InChI is InChI=1S/C15H12FNO2.C2H6/c1-8-13-10-6-4-3-5-9(10)11(16)7-12(13)17-14(8)15(18)19-2;1-2/h3-7,17H,1-2H3;1-2H3. The van der Waals surface area contributed by atoms with Crippen LogP contribution in [-0.2, 0) is 4.74 Å². The lowest BCUT2D eigenvalue weighted by atomic mass is 10.0. The van der Waals surface area contributed by atoms with Gasteiger partial charge in [0, 0.05) is 16.3 Å². The van der Waals surface area contributed by atoms with Crippen LogP contribution in [0.5, 0.6) is 0 Å². The smallest absolute Gasteiger partial charge is 0.354 e. The van der Waals surface area contributed by atoms with Crippen LogP contribution in [0.2, 0.25) is 0 Å². The molecule has 3 rings (SSSR count). The summed E-state index contributed by atoms with van der Waals surface area (Å²) in [6, 6.07) is 8.64. The summed E-state index contributed by atoms with van der Waals surface area (Å²) < 4.78 is 18.7. The third-order valence-corrected chi connectivity index (χ3v) is 3.39. The van der Waals surface area contributed by atoms with Gasteiger partial charge in [0.2, 0.25) is 0 Å². The van der Waals surface area contributed by atoms with Crippen LogP contribution in [0.1, 0.15) is 29.9 Å². The van der Waals surface area contributed by atoms with Gasteiger partial charge in [0.1, 0.15) is 11.5 Å². The maximum atomic E-state index is 14.0. The minimum Gasteiger partial charge on any atom is -0.464 e. The molecule has 0 saturated carbocycles. The van der Waals surface area contributed by atoms with Gasteiger partial charge in [-0.05, 0) is 23.9 Å². The number of rotatable bonds is 1. The van der Waals surface area contributed by atoms with E-state index in [2.05, 4.69) is 4.98 Å². The molecule has 0 saturated heterocycles. The number of hydrogen-bond donors (Lipinski definition) is 1. The van der Waals surface area contributed by atoms with E-state index in [1.807, 2.05) is 32.9 Å². The number of fused-ring (bicyclic) bond motifs is 3. The minimum absolute atomic E-state index is 0.305. The van der Waals surface area contributed by atoms with E-state index in [-0.39, 0.29) is 5.82 Å². The number of aromatic amines is 1. The fourth-order valence-corrected chi connectivity index (χ4v) is 2.49. The number of aryl methyl sites for hydroxylation is 1. The van der Waals surface area contributed by atoms with Gasteiger partial charge >= 0.3 is 5.97 Å². The molecule has 110 valence electrons. The Morgan fingerprint density at radius 3 is 2.43 bits per heavy atom. The third-order valence-electron chi connectivity index (χ3n) is 3.39. The van der Waals surface area contributed by atoms with Crippen LogP contribution in [0.25, 0.3) is 21.7 Å². The Balaban J connectivity index is 0.000000774. The van der Waals surface area contributed by atoms with E-state index < -0.39 is 5.97 Å². The SMILES string of the molecule is CC.COC(=O)c1[nH]c2cc(F)c3ccccc3c2c1C. The molecule has 0 aliphatic heterocycles. The second-order valence-electron chi connectivity index (χ2n) is 4.44. The number of aromatic nitrogens is 1. The van der Waals surface area contributed by atoms with E-state index in [4.69, 9.17) is 4.74 Å². The second-order valence-corrected chi connectivity index (χ2v) is 4.44. The molecule has 21 heavy (non-hydrogen) atoms. The summed E-state index contributed by atoms with van der Waals surface area (Å²) in [4.78, 5) is 14.6. The van der Waals surface area contributed by atoms with Crippen LogP contribution in [0.3, 0.4) is 0 Å². The van der Waals surface area contributed by atoms with Crippen molar-refractivity contribution in [2.45, 2.75) is 20.8 Å². The summed E-state index contributed by atoms with van der Waals surface area (Å²) in [5.74, 6) is -0.751. The molecule has 0 aliphatic rings. The number of methoxy groups -OCH3 is 1. The number of benzene rings is 2. The highest BCUT2D eigenvalue weighted by Gasteiger charge is 2.18. The Kier molecular flexibility index (Phi) is 4.26. The molecule has 0 unspecified atom stereocenters. The number of ether oxygens (including phenoxy) is 1. The van der Waals surface area contributed by atoms with Gasteiger partial charge in [-0.2, -0.15) is 0 Å². The third kappa shape index (κ3) is 2.37. The molecule has 0 atom stereocenters. The minimum atomic E-state index is -0.446. The van der Waals surface area contributed by atoms with Gasteiger partial charge in [0.05, 0.1) is 7.11 Å². The number of esters is 1. The quantitative estimate of drug-likeness (QED) is 0.665. The Hall–Kier alpha value is -2.36. The van der Waals surface area contributed by atoms with Crippen molar-refractivity contribution in [3.63, 3.8) is 0 Å². The van der Waals surface area contributed by atoms with Crippen molar-refractivity contribution in [2.75, 3.05) is 7.11 Å². The van der Waals surface area contributed by atoms with E-state index in [0.29, 0.717) is 16.6 Å². The average molecular weight is 287 g/mol. The number of hydrogen-bond acceptors (Lipinski definition) is 2. The molecule has 0 spiro atoms. The van der Waals surface area contributed by atoms with E-state index in [9.17, 15) is 9.18 Å². The molecule has 1 N–H and O–H groups in total. The van der Waals surface area contributed by atoms with Crippen LogP contribution < -0.4 is 0 Å². The molecular weight excluding hydrogens is 269 g/mol. The monoisotopic (exact) mass is 287 g/mol. The van der Waals surface area contributed by atoms with E-state index >= 15 is 0 Å². The zero-order valence-corrected chi connectivity index (χ0v) is 12.6. The molecule has 0 amide bonds. The molecule has 1 heterocycles. The Bertz CT molecular complexity index is 805. The number of halogens is 1. The normalized spacial score (nSPS) is 10.3. The maximum Gasteiger partial charge on any atom is 0.354 e. The second kappa shape index (κ2) is 5.95. The number of nitrogens with one attached hydrogen (secondary N) is 1. The summed E-state index contributed by atoms with van der Waals surface area (Å²) in [5, 5.41) is 2.20. The lowest BCUT2D eigenvalue weighted by Gasteiger charge is -2.02. The van der Waals surface area contributed by atoms with E-state index in [0.717, 1.165) is 16.3 Å². The predicted molar refractivity (Wildman–Crippen MR) is 83.2 cm³/mol. The maximum absolute atomic E-state index is 14.0. The Morgan fingerprint density at radius 2 is 1.81 bits per heavy atom. The molecular formula is C17H18FNO2. The average Bonchev–Trinajstić information content (AvgIpc) is 2.85. The molecule has 4 heteroatoms. The van der Waals surface area contributed by atoms with Crippen molar-refractivity contribution in [3.8, 4) is 0 Å². The zero-order chi connectivity index (χ0) is 15.6. The predicted octanol–water partition coefficient (Wildman–Crippen LogP) is 4.58. The first kappa shape index (κ1) is 15.0. The molecule has 0 fully saturated rings. The van der Waals surface area contributed by atoms with Crippen molar-refractivity contribution in [1.82, 2.24) is 4.98 Å². The summed E-state index contributed by atoms with van der Waals surface area (Å²) in [6.45, 7) is 5.83. The fourth-order valence-electron chi connectivity index (χ4n) is 2.49. The molecule has 0 aliphatic carbocycles. The lowest BCUT2D eigenvalue weighted by Crippen LogP contribution is -2.02. The van der Waals surface area contributed by atoms with Crippen molar-refractivity contribution in [3.05, 3.63) is 47.4 Å². The van der Waals surface area contributed by atoms with Crippen molar-refractivity contribution in [1.29, 1.82) is 0 Å². The van der Waals surface area contributed by atoms with Gasteiger partial charge in [-0.3, -0.25) is 0 Å². The molecule has 0 radical (unpaired) electrons. The zero-order valence-electron chi connectivity index (χ0n) is 12.6. The van der Waals surface area contributed by atoms with Gasteiger partial charge in [-0.25, -0.2) is 9.18 Å². The van der Waals surface area contributed by atoms with E-state index in [1.54, 1.807) is 12.1 Å². The number of H-pyrrole nitrogens is 1. The largest absolute Gasteiger partial charge is 0.464 e. The highest BCUT2D eigenvalue weighted by atomic mass is 19.1. The van der Waals surface area contributed by atoms with Crippen molar-refractivity contribution >= 4 is 27.6 Å². The number of carbonyl (C=O) groups is 1. The van der Waals surface area contributed by atoms with Gasteiger partial charge in [-0.1, -0.05) is 38.1 Å². The summed E-state index contributed by atoms with van der Waals surface area (Å²) in [7, 11) is 1.33. The van der Waals surface area contributed by atoms with Crippen LogP contribution in [-0.4, -0.2) is 18.1 Å². The van der Waals surface area contributed by atoms with Crippen molar-refractivity contribution in [2.24, 2.45) is 0 Å². The van der Waals surface area contributed by atoms with Crippen LogP contribution in [0, 0.1) is 12.7 Å². The van der Waals surface area contributed by atoms with Gasteiger partial charge in [-0.15, -0.1) is 0 Å². The summed E-state index contributed by atoms with van der Waals surface area (Å²) in [5.41, 5.74) is 1.75. The first-order valence-electron chi connectivity index (χ1n) is 6.91. The van der Waals surface area contributed by atoms with E-state index in [1.165, 1.54) is 13.2 Å². The van der Waals surface area contributed by atoms with Crippen LogP contribution >= 0.6 is 0 Å². The lowest BCUT2D eigenvalue weighted by molar-refractivity contribution is 0.0594. The highest BCUT2D eigenvalue weighted by Crippen LogP contribution is 2.31. The highest BCUT2D eigenvalue weighted by molar-refractivity contribution is 6.11. The molecule has 0 bridgehead atoms.